The van der Waals surface area contributed by atoms with Crippen LogP contribution in [0.1, 0.15) is 30.9 Å². The Bertz CT molecular complexity index is 437. The van der Waals surface area contributed by atoms with Gasteiger partial charge < -0.3 is 10.2 Å². The van der Waals surface area contributed by atoms with E-state index in [1.165, 1.54) is 24.0 Å². The van der Waals surface area contributed by atoms with E-state index in [0.29, 0.717) is 0 Å². The molecular formula is C16H26IN3. The van der Waals surface area contributed by atoms with Gasteiger partial charge in [0.2, 0.25) is 0 Å². The minimum Gasteiger partial charge on any atom is -0.352 e. The van der Waals surface area contributed by atoms with E-state index in [1.807, 2.05) is 7.05 Å². The molecule has 0 spiro atoms. The van der Waals surface area contributed by atoms with E-state index in [9.17, 15) is 0 Å². The molecule has 0 atom stereocenters. The van der Waals surface area contributed by atoms with Crippen LogP contribution in [0.25, 0.3) is 0 Å². The average Bonchev–Trinajstić information content (AvgIpc) is 2.43. The molecule has 3 nitrogen and oxygen atoms in total. The molecule has 1 aromatic rings. The number of aryl methyl sites for hydroxylation is 1. The molecule has 1 heterocycles. The third kappa shape index (κ3) is 4.65. The second kappa shape index (κ2) is 8.49. The zero-order chi connectivity index (χ0) is 13.7. The number of aliphatic imine (C=N–C) groups is 1. The summed E-state index contributed by atoms with van der Waals surface area (Å²) in [7, 11) is 1.87. The predicted molar refractivity (Wildman–Crippen MR) is 96.8 cm³/mol. The maximum atomic E-state index is 4.41. The van der Waals surface area contributed by atoms with Crippen molar-refractivity contribution >= 4 is 29.9 Å². The van der Waals surface area contributed by atoms with Gasteiger partial charge in [0.15, 0.2) is 5.96 Å². The lowest BCUT2D eigenvalue weighted by Gasteiger charge is -2.33. The Hall–Kier alpha value is -0.780. The molecule has 20 heavy (non-hydrogen) atoms. The van der Waals surface area contributed by atoms with Gasteiger partial charge in [-0.15, -0.1) is 24.0 Å². The maximum absolute atomic E-state index is 4.41. The molecule has 2 rings (SSSR count). The minimum absolute atomic E-state index is 0. The number of hydrogen-bond donors (Lipinski definition) is 1. The fourth-order valence-electron chi connectivity index (χ4n) is 2.54. The highest BCUT2D eigenvalue weighted by Crippen LogP contribution is 2.16. The molecule has 112 valence electrons. The molecule has 0 amide bonds. The van der Waals surface area contributed by atoms with Crippen LogP contribution >= 0.6 is 24.0 Å². The van der Waals surface area contributed by atoms with Gasteiger partial charge in [0.1, 0.15) is 0 Å². The lowest BCUT2D eigenvalue weighted by Crippen LogP contribution is -2.45. The summed E-state index contributed by atoms with van der Waals surface area (Å²) in [6.07, 6.45) is 2.54. The van der Waals surface area contributed by atoms with Gasteiger partial charge in [0.25, 0.3) is 0 Å². The number of hydrogen-bond acceptors (Lipinski definition) is 1. The predicted octanol–water partition coefficient (Wildman–Crippen LogP) is 3.42. The highest BCUT2D eigenvalue weighted by atomic mass is 127. The average molecular weight is 387 g/mol. The van der Waals surface area contributed by atoms with E-state index in [-0.39, 0.29) is 24.0 Å². The Balaban J connectivity index is 0.00000200. The number of piperidine rings is 1. The van der Waals surface area contributed by atoms with Crippen molar-refractivity contribution in [3.8, 4) is 0 Å². The molecule has 0 bridgehead atoms. The summed E-state index contributed by atoms with van der Waals surface area (Å²) in [6, 6.07) is 8.51. The van der Waals surface area contributed by atoms with Crippen molar-refractivity contribution in [2.75, 3.05) is 20.1 Å². The molecule has 1 saturated heterocycles. The van der Waals surface area contributed by atoms with E-state index in [2.05, 4.69) is 53.3 Å². The number of guanidine groups is 1. The smallest absolute Gasteiger partial charge is 0.193 e. The van der Waals surface area contributed by atoms with Crippen LogP contribution in [0.5, 0.6) is 0 Å². The molecule has 1 aromatic carbocycles. The molecule has 1 aliphatic rings. The molecule has 0 aromatic heterocycles. The van der Waals surface area contributed by atoms with Gasteiger partial charge in [-0.3, -0.25) is 4.99 Å². The summed E-state index contributed by atoms with van der Waals surface area (Å²) >= 11 is 0. The highest BCUT2D eigenvalue weighted by molar-refractivity contribution is 14.0. The van der Waals surface area contributed by atoms with Gasteiger partial charge in [-0.2, -0.15) is 0 Å². The number of likely N-dealkylation sites (tertiary alicyclic amines) is 1. The van der Waals surface area contributed by atoms with Gasteiger partial charge in [0.05, 0.1) is 0 Å². The Labute approximate surface area is 139 Å². The van der Waals surface area contributed by atoms with Crippen molar-refractivity contribution in [2.45, 2.75) is 33.2 Å². The summed E-state index contributed by atoms with van der Waals surface area (Å²) in [4.78, 5) is 6.79. The van der Waals surface area contributed by atoms with Gasteiger partial charge in [-0.1, -0.05) is 31.2 Å². The first kappa shape index (κ1) is 17.3. The zero-order valence-corrected chi connectivity index (χ0v) is 15.1. The van der Waals surface area contributed by atoms with Gasteiger partial charge >= 0.3 is 0 Å². The second-order valence-corrected chi connectivity index (χ2v) is 5.50. The van der Waals surface area contributed by atoms with E-state index < -0.39 is 0 Å². The fourth-order valence-corrected chi connectivity index (χ4v) is 2.54. The minimum atomic E-state index is 0. The zero-order valence-electron chi connectivity index (χ0n) is 12.7. The van der Waals surface area contributed by atoms with Crippen LogP contribution in [-0.4, -0.2) is 31.0 Å². The van der Waals surface area contributed by atoms with Gasteiger partial charge in [0, 0.05) is 26.7 Å². The molecule has 1 aliphatic heterocycles. The largest absolute Gasteiger partial charge is 0.352 e. The molecule has 0 unspecified atom stereocenters. The topological polar surface area (TPSA) is 27.6 Å². The molecule has 1 N–H and O–H groups in total. The molecule has 0 aliphatic carbocycles. The molecule has 0 radical (unpaired) electrons. The van der Waals surface area contributed by atoms with Crippen molar-refractivity contribution < 1.29 is 0 Å². The van der Waals surface area contributed by atoms with Crippen molar-refractivity contribution in [3.63, 3.8) is 0 Å². The van der Waals surface area contributed by atoms with E-state index in [0.717, 1.165) is 31.5 Å². The summed E-state index contributed by atoms with van der Waals surface area (Å²) < 4.78 is 0. The number of rotatable bonds is 2. The van der Waals surface area contributed by atoms with Crippen molar-refractivity contribution in [1.82, 2.24) is 10.2 Å². The van der Waals surface area contributed by atoms with Gasteiger partial charge in [-0.25, -0.2) is 0 Å². The van der Waals surface area contributed by atoms with E-state index in [1.54, 1.807) is 0 Å². The van der Waals surface area contributed by atoms with Crippen molar-refractivity contribution in [2.24, 2.45) is 10.9 Å². The van der Waals surface area contributed by atoms with Crippen LogP contribution in [0.4, 0.5) is 0 Å². The number of benzene rings is 1. The normalized spacial score (nSPS) is 16.8. The Morgan fingerprint density at radius 1 is 1.30 bits per heavy atom. The lowest BCUT2D eigenvalue weighted by atomic mass is 9.99. The number of nitrogens with zero attached hydrogens (tertiary/aromatic N) is 2. The summed E-state index contributed by atoms with van der Waals surface area (Å²) in [6.45, 7) is 7.58. The van der Waals surface area contributed by atoms with Crippen LogP contribution in [0.2, 0.25) is 0 Å². The first-order chi connectivity index (χ1) is 9.20. The van der Waals surface area contributed by atoms with E-state index >= 15 is 0 Å². The lowest BCUT2D eigenvalue weighted by molar-refractivity contribution is 0.273. The SMILES string of the molecule is CN=C(NCc1ccccc1C)N1CCC(C)CC1.I. The first-order valence-corrected chi connectivity index (χ1v) is 7.21. The molecule has 4 heteroatoms. The summed E-state index contributed by atoms with van der Waals surface area (Å²) in [5.41, 5.74) is 2.67. The number of halogens is 1. The first-order valence-electron chi connectivity index (χ1n) is 7.21. The third-order valence-electron chi connectivity index (χ3n) is 3.99. The third-order valence-corrected chi connectivity index (χ3v) is 3.99. The maximum Gasteiger partial charge on any atom is 0.193 e. The molecular weight excluding hydrogens is 361 g/mol. The fraction of sp³-hybridized carbons (Fsp3) is 0.562. The Morgan fingerprint density at radius 3 is 2.55 bits per heavy atom. The second-order valence-electron chi connectivity index (χ2n) is 5.50. The summed E-state index contributed by atoms with van der Waals surface area (Å²) in [5.74, 6) is 1.89. The quantitative estimate of drug-likeness (QED) is 0.479. The van der Waals surface area contributed by atoms with Crippen LogP contribution in [0.3, 0.4) is 0 Å². The van der Waals surface area contributed by atoms with Crippen LogP contribution in [0, 0.1) is 12.8 Å². The van der Waals surface area contributed by atoms with Crippen LogP contribution in [-0.2, 0) is 6.54 Å². The molecule has 0 saturated carbocycles. The van der Waals surface area contributed by atoms with Crippen LogP contribution in [0.15, 0.2) is 29.3 Å². The highest BCUT2D eigenvalue weighted by Gasteiger charge is 2.18. The standard InChI is InChI=1S/C16H25N3.HI/c1-13-8-10-19(11-9-13)16(17-3)18-12-15-7-5-4-6-14(15)2;/h4-7,13H,8-12H2,1-3H3,(H,17,18);1H. The summed E-state index contributed by atoms with van der Waals surface area (Å²) in [5, 5.41) is 3.49. The monoisotopic (exact) mass is 387 g/mol. The Morgan fingerprint density at radius 2 is 1.95 bits per heavy atom. The van der Waals surface area contributed by atoms with Crippen LogP contribution < -0.4 is 5.32 Å². The molecule has 1 fully saturated rings. The van der Waals surface area contributed by atoms with Crippen molar-refractivity contribution in [1.29, 1.82) is 0 Å². The van der Waals surface area contributed by atoms with E-state index in [4.69, 9.17) is 0 Å². The van der Waals surface area contributed by atoms with Crippen molar-refractivity contribution in [3.05, 3.63) is 35.4 Å². The number of nitrogens with one attached hydrogen (secondary N) is 1. The van der Waals surface area contributed by atoms with Gasteiger partial charge in [-0.05, 0) is 36.8 Å². The Kier molecular flexibility index (Phi) is 7.34.